The SMILES string of the molecule is CNC(COCCC(=O)NCCCNC(=O)CCCCO[C@@H]1OC(CO)[C@H](O)C(O)[C@@H]1NC(C)=O)(COCCC(=O)NCCCNC(=O)CCCCO[C@@H]1OC(CO)[C@H](O)C(O)[C@@H]1NC(C)=O)COCCC(=O)NCCCNC(=O)CCCCO[C@@H]1OC(CO)[C@H](O)C(O)[C@@H]1NC(C)=O. The Hall–Kier alpha value is -5.53. The van der Waals surface area contributed by atoms with Crippen LogP contribution in [0, 0.1) is 0 Å². The second-order valence-corrected chi connectivity index (χ2v) is 24.4. The molecule has 99 heavy (non-hydrogen) atoms. The molecule has 37 heteroatoms. The molecule has 15 atom stereocenters. The molecule has 0 radical (unpaired) electrons. The van der Waals surface area contributed by atoms with E-state index in [4.69, 9.17) is 42.6 Å². The molecule has 0 aromatic heterocycles. The number of ether oxygens (including phenoxy) is 9. The minimum atomic E-state index is -1.44. The van der Waals surface area contributed by atoms with Crippen molar-refractivity contribution in [1.82, 2.24) is 53.2 Å². The molecule has 572 valence electrons. The summed E-state index contributed by atoms with van der Waals surface area (Å²) in [5.74, 6) is -3.01. The minimum Gasteiger partial charge on any atom is -0.394 e. The van der Waals surface area contributed by atoms with Crippen LogP contribution in [0.1, 0.15) is 117 Å². The lowest BCUT2D eigenvalue weighted by Crippen LogP contribution is -2.64. The average molecular weight is 1430 g/mol. The Bertz CT molecular complexity index is 2130. The summed E-state index contributed by atoms with van der Waals surface area (Å²) in [4.78, 5) is 111. The van der Waals surface area contributed by atoms with Crippen molar-refractivity contribution in [2.24, 2.45) is 0 Å². The minimum absolute atomic E-state index is 0.00567. The molecule has 3 aliphatic rings. The van der Waals surface area contributed by atoms with Crippen molar-refractivity contribution in [1.29, 1.82) is 0 Å². The van der Waals surface area contributed by atoms with E-state index in [0.29, 0.717) is 77.4 Å². The van der Waals surface area contributed by atoms with Crippen LogP contribution in [0.15, 0.2) is 0 Å². The maximum atomic E-state index is 12.7. The Labute approximate surface area is 576 Å². The Morgan fingerprint density at radius 3 is 0.808 bits per heavy atom. The number of hydrogen-bond donors (Lipinski definition) is 19. The number of aliphatic hydroxyl groups excluding tert-OH is 9. The van der Waals surface area contributed by atoms with Gasteiger partial charge >= 0.3 is 0 Å². The van der Waals surface area contributed by atoms with Crippen LogP contribution in [0.3, 0.4) is 0 Å². The molecule has 0 aromatic carbocycles. The van der Waals surface area contributed by atoms with Crippen LogP contribution in [0.25, 0.3) is 0 Å². The molecule has 0 aliphatic carbocycles. The van der Waals surface area contributed by atoms with Crippen molar-refractivity contribution in [3.8, 4) is 0 Å². The van der Waals surface area contributed by atoms with E-state index >= 15 is 0 Å². The normalized spacial score (nSPS) is 25.8. The lowest BCUT2D eigenvalue weighted by atomic mass is 9.97. The van der Waals surface area contributed by atoms with Gasteiger partial charge in [0.2, 0.25) is 53.2 Å². The van der Waals surface area contributed by atoms with Crippen LogP contribution >= 0.6 is 0 Å². The molecule has 3 aliphatic heterocycles. The van der Waals surface area contributed by atoms with Gasteiger partial charge in [0.15, 0.2) is 18.9 Å². The van der Waals surface area contributed by atoms with E-state index in [1.54, 1.807) is 7.05 Å². The summed E-state index contributed by atoms with van der Waals surface area (Å²) in [6, 6.07) is -3.22. The number of amides is 9. The highest BCUT2D eigenvalue weighted by Crippen LogP contribution is 2.26. The second-order valence-electron chi connectivity index (χ2n) is 24.4. The predicted molar refractivity (Wildman–Crippen MR) is 346 cm³/mol. The topological polar surface area (TPSA) is 539 Å². The quantitative estimate of drug-likeness (QED) is 0.0252. The smallest absolute Gasteiger partial charge is 0.222 e. The Morgan fingerprint density at radius 2 is 0.586 bits per heavy atom. The van der Waals surface area contributed by atoms with E-state index in [0.717, 1.165) is 0 Å². The zero-order valence-electron chi connectivity index (χ0n) is 57.4. The average Bonchev–Trinajstić information content (AvgIpc) is 0.824. The highest BCUT2D eigenvalue weighted by Gasteiger charge is 2.48. The van der Waals surface area contributed by atoms with Crippen molar-refractivity contribution >= 4 is 53.2 Å². The van der Waals surface area contributed by atoms with Gasteiger partial charge < -0.3 is 142 Å². The van der Waals surface area contributed by atoms with Crippen molar-refractivity contribution in [2.45, 2.75) is 215 Å². The van der Waals surface area contributed by atoms with Gasteiger partial charge in [-0.25, -0.2) is 0 Å². The first-order chi connectivity index (χ1) is 47.4. The Morgan fingerprint density at radius 1 is 0.343 bits per heavy atom. The summed E-state index contributed by atoms with van der Waals surface area (Å²) in [5, 5.41) is 118. The number of carbonyl (C=O) groups excluding carboxylic acids is 9. The molecule has 3 fully saturated rings. The van der Waals surface area contributed by atoms with Gasteiger partial charge in [0, 0.05) is 118 Å². The predicted octanol–water partition coefficient (Wildman–Crippen LogP) is -7.58. The van der Waals surface area contributed by atoms with Crippen LogP contribution in [-0.2, 0) is 85.8 Å². The van der Waals surface area contributed by atoms with Gasteiger partial charge in [-0.2, -0.15) is 0 Å². The molecule has 3 saturated heterocycles. The number of rotatable bonds is 52. The number of likely N-dealkylation sites (N-methyl/N-ethyl adjacent to an activating group) is 1. The van der Waals surface area contributed by atoms with Gasteiger partial charge in [-0.05, 0) is 64.8 Å². The molecule has 0 spiro atoms. The highest BCUT2D eigenvalue weighted by molar-refractivity contribution is 5.78. The van der Waals surface area contributed by atoms with Crippen LogP contribution in [-0.4, -0.2) is 322 Å². The molecule has 37 nitrogen and oxygen atoms in total. The van der Waals surface area contributed by atoms with Gasteiger partial charge in [0.25, 0.3) is 0 Å². The third-order valence-corrected chi connectivity index (χ3v) is 16.1. The molecular weight excluding hydrogens is 1320 g/mol. The number of unbranched alkanes of at least 4 members (excludes halogenated alkanes) is 3. The van der Waals surface area contributed by atoms with Gasteiger partial charge in [-0.15, -0.1) is 0 Å². The molecule has 3 rings (SSSR count). The van der Waals surface area contributed by atoms with E-state index in [1.807, 2.05) is 0 Å². The van der Waals surface area contributed by atoms with Gasteiger partial charge in [0.1, 0.15) is 73.1 Å². The molecule has 0 bridgehead atoms. The Kier molecular flexibility index (Phi) is 44.2. The van der Waals surface area contributed by atoms with Crippen LogP contribution < -0.4 is 53.2 Å². The van der Waals surface area contributed by atoms with Gasteiger partial charge in [-0.1, -0.05) is 0 Å². The van der Waals surface area contributed by atoms with Crippen molar-refractivity contribution in [2.75, 3.05) is 126 Å². The molecule has 19 N–H and O–H groups in total. The van der Waals surface area contributed by atoms with E-state index in [-0.39, 0.29) is 153 Å². The zero-order valence-corrected chi connectivity index (χ0v) is 57.4. The van der Waals surface area contributed by atoms with Gasteiger partial charge in [0.05, 0.1) is 65.0 Å². The van der Waals surface area contributed by atoms with E-state index in [9.17, 15) is 89.1 Å². The monoisotopic (exact) mass is 1430 g/mol. The summed E-state index contributed by atoms with van der Waals surface area (Å²) in [7, 11) is 1.66. The lowest BCUT2D eigenvalue weighted by Gasteiger charge is -2.42. The van der Waals surface area contributed by atoms with E-state index in [1.165, 1.54) is 20.8 Å². The highest BCUT2D eigenvalue weighted by atomic mass is 16.7. The van der Waals surface area contributed by atoms with Gasteiger partial charge in [-0.3, -0.25) is 43.2 Å². The fraction of sp³-hybridized carbons (Fsp3) is 0.855. The van der Waals surface area contributed by atoms with E-state index < -0.39 is 135 Å². The zero-order chi connectivity index (χ0) is 73.1. The maximum absolute atomic E-state index is 12.7. The number of nitrogens with one attached hydrogen (secondary N) is 10. The molecule has 9 amide bonds. The first-order valence-electron chi connectivity index (χ1n) is 33.9. The van der Waals surface area contributed by atoms with Crippen LogP contribution in [0.5, 0.6) is 0 Å². The third kappa shape index (κ3) is 34.8. The molecule has 3 heterocycles. The third-order valence-electron chi connectivity index (χ3n) is 16.1. The number of aliphatic hydroxyl groups is 9. The fourth-order valence-corrected chi connectivity index (χ4v) is 10.4. The summed E-state index contributed by atoms with van der Waals surface area (Å²) < 4.78 is 51.5. The lowest BCUT2D eigenvalue weighted by molar-refractivity contribution is -0.270. The molecular formula is C62H112N10O27. The standard InChI is InChI=1S/C62H112N10O27/c1-38(76)70-50-56(88)53(85)41(32-73)97-59(50)94-26-8-5-14-44(79)64-20-11-23-67-47(82)17-29-91-35-62(63-4,36-92-30-18-48(83)68-24-12-21-65-45(80)15-6-9-27-95-60-51(71-39(2)77)57(89)54(86)42(33-74)98-60)37-93-31-19-49(84)69-25-13-22-66-46(81)16-7-10-28-96-61-52(72-40(3)78)58(90)55(87)43(34-75)99-61/h41-43,50-61,63,73-75,85-90H,5-37H2,1-4H3,(H,64,79)(H,65,80)(H,66,81)(H,67,82)(H,68,83)(H,69,84)(H,70,76)(H,71,77)(H,72,78)/t41?,42?,43?,50-,51-,52-,53-,54-,55-,56?,57?,58?,59+,60+,61+,62?/m0/s1. The Balaban J connectivity index is 1.36. The summed E-state index contributed by atoms with van der Waals surface area (Å²) in [5.41, 5.74) is -0.999. The number of carbonyl (C=O) groups is 9. The largest absolute Gasteiger partial charge is 0.394 e. The first kappa shape index (κ1) is 87.7. The molecule has 0 aromatic rings. The van der Waals surface area contributed by atoms with Crippen molar-refractivity contribution < 1.29 is 132 Å². The fourth-order valence-electron chi connectivity index (χ4n) is 10.4. The van der Waals surface area contributed by atoms with Crippen LogP contribution in [0.2, 0.25) is 0 Å². The number of hydrogen-bond acceptors (Lipinski definition) is 28. The summed E-state index contributed by atoms with van der Waals surface area (Å²) in [6.07, 6.45) is -11.0. The first-order valence-corrected chi connectivity index (χ1v) is 33.9. The molecule has 0 saturated carbocycles. The summed E-state index contributed by atoms with van der Waals surface area (Å²) >= 11 is 0. The van der Waals surface area contributed by atoms with E-state index in [2.05, 4.69) is 53.2 Å². The second kappa shape index (κ2) is 49.9. The summed E-state index contributed by atoms with van der Waals surface area (Å²) in [6.45, 7) is 3.94. The van der Waals surface area contributed by atoms with Crippen molar-refractivity contribution in [3.05, 3.63) is 0 Å². The van der Waals surface area contributed by atoms with Crippen molar-refractivity contribution in [3.63, 3.8) is 0 Å². The maximum Gasteiger partial charge on any atom is 0.222 e. The molecule has 6 unspecified atom stereocenters. The van der Waals surface area contributed by atoms with Crippen LogP contribution in [0.4, 0.5) is 0 Å².